The lowest BCUT2D eigenvalue weighted by molar-refractivity contribution is -0.116. The molecule has 0 aliphatic rings. The molecule has 0 aliphatic heterocycles. The van der Waals surface area contributed by atoms with Crippen LogP contribution in [0.15, 0.2) is 24.3 Å². The van der Waals surface area contributed by atoms with E-state index in [1.54, 1.807) is 12.1 Å². The predicted molar refractivity (Wildman–Crippen MR) is 80.2 cm³/mol. The first-order chi connectivity index (χ1) is 9.04. The predicted octanol–water partition coefficient (Wildman–Crippen LogP) is 0.573. The molecular formula is C13H19N3O2S. The largest absolute Gasteiger partial charge is 0.395 e. The van der Waals surface area contributed by atoms with Crippen LogP contribution in [-0.2, 0) is 4.79 Å². The van der Waals surface area contributed by atoms with Crippen molar-refractivity contribution in [1.29, 1.82) is 0 Å². The molecule has 4 N–H and O–H groups in total. The van der Waals surface area contributed by atoms with Crippen molar-refractivity contribution >= 4 is 28.8 Å². The highest BCUT2D eigenvalue weighted by Crippen LogP contribution is 2.14. The van der Waals surface area contributed by atoms with Crippen LogP contribution in [0.3, 0.4) is 0 Å². The molecule has 0 saturated heterocycles. The van der Waals surface area contributed by atoms with Gasteiger partial charge in [-0.2, -0.15) is 0 Å². The molecule has 0 saturated carbocycles. The summed E-state index contributed by atoms with van der Waals surface area (Å²) in [4.78, 5) is 14.0. The average molecular weight is 281 g/mol. The van der Waals surface area contributed by atoms with E-state index in [2.05, 4.69) is 5.32 Å². The highest BCUT2D eigenvalue weighted by molar-refractivity contribution is 7.80. The molecule has 19 heavy (non-hydrogen) atoms. The molecule has 1 rings (SSSR count). The van der Waals surface area contributed by atoms with Crippen LogP contribution in [-0.4, -0.2) is 47.6 Å². The maximum absolute atomic E-state index is 11.8. The van der Waals surface area contributed by atoms with Crippen LogP contribution >= 0.6 is 12.2 Å². The van der Waals surface area contributed by atoms with Gasteiger partial charge in [0.1, 0.15) is 4.99 Å². The molecule has 0 fully saturated rings. The molecule has 0 aliphatic carbocycles. The second-order valence-electron chi connectivity index (χ2n) is 4.23. The van der Waals surface area contributed by atoms with Crippen LogP contribution in [0.5, 0.6) is 0 Å². The Morgan fingerprint density at radius 2 is 2.11 bits per heavy atom. The van der Waals surface area contributed by atoms with Gasteiger partial charge < -0.3 is 21.1 Å². The quantitative estimate of drug-likeness (QED) is 0.637. The third kappa shape index (κ3) is 5.34. The van der Waals surface area contributed by atoms with Gasteiger partial charge in [0.2, 0.25) is 5.91 Å². The fraction of sp³-hybridized carbons (Fsp3) is 0.385. The summed E-state index contributed by atoms with van der Waals surface area (Å²) in [5.41, 5.74) is 6.89. The van der Waals surface area contributed by atoms with Gasteiger partial charge in [-0.1, -0.05) is 24.4 Å². The maximum atomic E-state index is 11.8. The first kappa shape index (κ1) is 15.6. The Kier molecular flexibility index (Phi) is 6.41. The van der Waals surface area contributed by atoms with Crippen LogP contribution < -0.4 is 11.1 Å². The third-order valence-electron chi connectivity index (χ3n) is 2.67. The molecule has 6 heteroatoms. The number of thiocarbonyl (C=S) groups is 1. The summed E-state index contributed by atoms with van der Waals surface area (Å²) < 4.78 is 0. The summed E-state index contributed by atoms with van der Waals surface area (Å²) in [5.74, 6) is -0.103. The van der Waals surface area contributed by atoms with Crippen molar-refractivity contribution in [3.8, 4) is 0 Å². The standard InChI is InChI=1S/C13H19N3O2S/c1-16(8-9-17)7-6-12(18)15-11-5-3-2-4-10(11)13(14)19/h2-5,17H,6-9H2,1H3,(H2,14,19)(H,15,18). The van der Waals surface area contributed by atoms with Crippen molar-refractivity contribution in [2.75, 3.05) is 32.1 Å². The molecule has 0 heterocycles. The number of aliphatic hydroxyl groups excluding tert-OH is 1. The molecule has 0 radical (unpaired) electrons. The second kappa shape index (κ2) is 7.83. The number of carbonyl (C=O) groups excluding carboxylic acids is 1. The summed E-state index contributed by atoms with van der Waals surface area (Å²) in [6.45, 7) is 1.22. The van der Waals surface area contributed by atoms with E-state index < -0.39 is 0 Å². The third-order valence-corrected chi connectivity index (χ3v) is 2.89. The van der Waals surface area contributed by atoms with Gasteiger partial charge in [0.15, 0.2) is 0 Å². The normalized spacial score (nSPS) is 10.5. The van der Waals surface area contributed by atoms with Crippen LogP contribution in [0.1, 0.15) is 12.0 Å². The van der Waals surface area contributed by atoms with Gasteiger partial charge in [-0.3, -0.25) is 4.79 Å². The van der Waals surface area contributed by atoms with Gasteiger partial charge in [-0.05, 0) is 19.2 Å². The van der Waals surface area contributed by atoms with Crippen LogP contribution in [0.2, 0.25) is 0 Å². The Morgan fingerprint density at radius 3 is 2.74 bits per heavy atom. The van der Waals surface area contributed by atoms with E-state index in [9.17, 15) is 4.79 Å². The van der Waals surface area contributed by atoms with Gasteiger partial charge in [-0.25, -0.2) is 0 Å². The van der Waals surface area contributed by atoms with Crippen LogP contribution in [0, 0.1) is 0 Å². The van der Waals surface area contributed by atoms with E-state index in [1.165, 1.54) is 0 Å². The summed E-state index contributed by atoms with van der Waals surface area (Å²) in [6.07, 6.45) is 0.349. The minimum Gasteiger partial charge on any atom is -0.395 e. The number of amides is 1. The van der Waals surface area contributed by atoms with Crippen molar-refractivity contribution in [2.45, 2.75) is 6.42 Å². The first-order valence-electron chi connectivity index (χ1n) is 6.02. The number of para-hydroxylation sites is 1. The molecule has 104 valence electrons. The summed E-state index contributed by atoms with van der Waals surface area (Å²) >= 11 is 4.93. The first-order valence-corrected chi connectivity index (χ1v) is 6.43. The van der Waals surface area contributed by atoms with Crippen molar-refractivity contribution in [1.82, 2.24) is 4.90 Å². The smallest absolute Gasteiger partial charge is 0.225 e. The fourth-order valence-corrected chi connectivity index (χ4v) is 1.77. The number of nitrogens with zero attached hydrogens (tertiary/aromatic N) is 1. The molecule has 0 spiro atoms. The number of aliphatic hydroxyl groups is 1. The van der Waals surface area contributed by atoms with Gasteiger partial charge >= 0.3 is 0 Å². The van der Waals surface area contributed by atoms with Crippen molar-refractivity contribution in [3.63, 3.8) is 0 Å². The van der Waals surface area contributed by atoms with Gasteiger partial charge in [0.05, 0.1) is 12.3 Å². The number of hydrogen-bond donors (Lipinski definition) is 3. The van der Waals surface area contributed by atoms with Crippen LogP contribution in [0.4, 0.5) is 5.69 Å². The zero-order valence-corrected chi connectivity index (χ0v) is 11.7. The van der Waals surface area contributed by atoms with Gasteiger partial charge in [0, 0.05) is 25.1 Å². The van der Waals surface area contributed by atoms with E-state index >= 15 is 0 Å². The van der Waals surface area contributed by atoms with E-state index in [1.807, 2.05) is 24.1 Å². The van der Waals surface area contributed by atoms with Gasteiger partial charge in [0.25, 0.3) is 0 Å². The Balaban J connectivity index is 2.55. The lowest BCUT2D eigenvalue weighted by atomic mass is 10.1. The number of hydrogen-bond acceptors (Lipinski definition) is 4. The van der Waals surface area contributed by atoms with Crippen molar-refractivity contribution in [2.24, 2.45) is 5.73 Å². The SMILES string of the molecule is CN(CCO)CCC(=O)Nc1ccccc1C(N)=S. The second-order valence-corrected chi connectivity index (χ2v) is 4.67. The molecular weight excluding hydrogens is 262 g/mol. The monoisotopic (exact) mass is 281 g/mol. The lowest BCUT2D eigenvalue weighted by Crippen LogP contribution is -2.27. The van der Waals surface area contributed by atoms with E-state index in [4.69, 9.17) is 23.1 Å². The van der Waals surface area contributed by atoms with Crippen molar-refractivity contribution < 1.29 is 9.90 Å². The van der Waals surface area contributed by atoms with E-state index in [-0.39, 0.29) is 17.5 Å². The topological polar surface area (TPSA) is 78.6 Å². The molecule has 5 nitrogen and oxygen atoms in total. The molecule has 1 aromatic carbocycles. The highest BCUT2D eigenvalue weighted by atomic mass is 32.1. The Labute approximate surface area is 118 Å². The zero-order valence-electron chi connectivity index (χ0n) is 10.9. The minimum absolute atomic E-state index is 0.0857. The molecule has 0 unspecified atom stereocenters. The lowest BCUT2D eigenvalue weighted by Gasteiger charge is -2.15. The highest BCUT2D eigenvalue weighted by Gasteiger charge is 2.09. The van der Waals surface area contributed by atoms with Crippen LogP contribution in [0.25, 0.3) is 0 Å². The number of benzene rings is 1. The fourth-order valence-electron chi connectivity index (χ4n) is 1.59. The minimum atomic E-state index is -0.103. The molecule has 0 aromatic heterocycles. The Hall–Kier alpha value is -1.50. The summed E-state index contributed by atoms with van der Waals surface area (Å²) in [5, 5.41) is 11.6. The number of rotatable bonds is 7. The molecule has 1 amide bonds. The Bertz CT molecular complexity index is 451. The zero-order chi connectivity index (χ0) is 14.3. The molecule has 0 bridgehead atoms. The number of likely N-dealkylation sites (N-methyl/N-ethyl adjacent to an activating group) is 1. The number of anilines is 1. The number of nitrogens with one attached hydrogen (secondary N) is 1. The number of carbonyl (C=O) groups is 1. The van der Waals surface area contributed by atoms with E-state index in [0.29, 0.717) is 30.8 Å². The molecule has 1 aromatic rings. The summed E-state index contributed by atoms with van der Waals surface area (Å²) in [6, 6.07) is 7.17. The van der Waals surface area contributed by atoms with Gasteiger partial charge in [-0.15, -0.1) is 0 Å². The Morgan fingerprint density at radius 1 is 1.42 bits per heavy atom. The van der Waals surface area contributed by atoms with Crippen molar-refractivity contribution in [3.05, 3.63) is 29.8 Å². The maximum Gasteiger partial charge on any atom is 0.225 e. The molecule has 0 atom stereocenters. The average Bonchev–Trinajstić information content (AvgIpc) is 2.37. The summed E-state index contributed by atoms with van der Waals surface area (Å²) in [7, 11) is 1.85. The van der Waals surface area contributed by atoms with E-state index in [0.717, 1.165) is 0 Å². The number of nitrogens with two attached hydrogens (primary N) is 1.